The van der Waals surface area contributed by atoms with Crippen LogP contribution in [0, 0.1) is 0 Å². The van der Waals surface area contributed by atoms with E-state index in [0.717, 1.165) is 0 Å². The van der Waals surface area contributed by atoms with Crippen molar-refractivity contribution in [2.45, 2.75) is 11.0 Å². The second-order valence-corrected chi connectivity index (χ2v) is 6.77. The second-order valence-electron chi connectivity index (χ2n) is 2.67. The Morgan fingerprint density at radius 1 is 1.21 bits per heavy atom. The summed E-state index contributed by atoms with van der Waals surface area (Å²) < 4.78 is 33.2. The first-order chi connectivity index (χ1) is 6.08. The van der Waals surface area contributed by atoms with Gasteiger partial charge in [-0.05, 0) is 0 Å². The van der Waals surface area contributed by atoms with Crippen molar-refractivity contribution in [2.75, 3.05) is 12.8 Å². The van der Waals surface area contributed by atoms with E-state index in [-0.39, 0.29) is 0 Å². The highest BCUT2D eigenvalue weighted by atomic mass is 35.5. The van der Waals surface area contributed by atoms with Crippen molar-refractivity contribution >= 4 is 26.8 Å². The van der Waals surface area contributed by atoms with Crippen LogP contribution in [0.1, 0.15) is 0 Å². The van der Waals surface area contributed by atoms with Gasteiger partial charge in [0.05, 0.1) is 11.5 Å². The molecule has 0 saturated heterocycles. The summed E-state index contributed by atoms with van der Waals surface area (Å²) in [6, 6.07) is 0. The highest BCUT2D eigenvalue weighted by molar-refractivity contribution is 7.53. The van der Waals surface area contributed by atoms with Crippen LogP contribution in [-0.2, 0) is 9.13 Å². The van der Waals surface area contributed by atoms with Crippen LogP contribution in [0.25, 0.3) is 0 Å². The molecule has 0 fully saturated rings. The SMILES string of the molecule is O=P(O)(O)CC(Cl)C(CF)P(=O)(O)O. The lowest BCUT2D eigenvalue weighted by Gasteiger charge is -2.20. The summed E-state index contributed by atoms with van der Waals surface area (Å²) >= 11 is 5.29. The third kappa shape index (κ3) is 5.41. The fourth-order valence-corrected chi connectivity index (χ4v) is 3.38. The molecule has 0 aromatic carbocycles. The Kier molecular flexibility index (Phi) is 5.22. The van der Waals surface area contributed by atoms with E-state index in [1.54, 1.807) is 0 Å². The van der Waals surface area contributed by atoms with Crippen LogP contribution in [0.2, 0.25) is 0 Å². The molecule has 6 nitrogen and oxygen atoms in total. The molecule has 0 aliphatic rings. The van der Waals surface area contributed by atoms with Crippen molar-refractivity contribution < 1.29 is 33.1 Å². The molecule has 10 heteroatoms. The maximum Gasteiger partial charge on any atom is 0.332 e. The van der Waals surface area contributed by atoms with E-state index in [0.29, 0.717) is 0 Å². The van der Waals surface area contributed by atoms with Gasteiger partial charge in [0.1, 0.15) is 12.3 Å². The van der Waals surface area contributed by atoms with Crippen molar-refractivity contribution in [1.29, 1.82) is 0 Å². The zero-order chi connectivity index (χ0) is 11.6. The minimum atomic E-state index is -4.77. The van der Waals surface area contributed by atoms with Crippen LogP contribution in [0.3, 0.4) is 0 Å². The first-order valence-corrected chi connectivity index (χ1v) is 7.29. The molecule has 0 rings (SSSR count). The van der Waals surface area contributed by atoms with E-state index >= 15 is 0 Å². The molecule has 0 bridgehead atoms. The van der Waals surface area contributed by atoms with Gasteiger partial charge in [0.2, 0.25) is 0 Å². The van der Waals surface area contributed by atoms with Crippen LogP contribution in [0.5, 0.6) is 0 Å². The summed E-state index contributed by atoms with van der Waals surface area (Å²) in [7, 11) is -9.27. The van der Waals surface area contributed by atoms with Gasteiger partial charge in [-0.3, -0.25) is 13.5 Å². The fraction of sp³-hybridized carbons (Fsp3) is 1.00. The Morgan fingerprint density at radius 2 is 1.64 bits per heavy atom. The van der Waals surface area contributed by atoms with Gasteiger partial charge in [0.15, 0.2) is 0 Å². The van der Waals surface area contributed by atoms with Gasteiger partial charge in [-0.25, -0.2) is 0 Å². The molecule has 0 aromatic rings. The minimum absolute atomic E-state index is 0.964. The molecule has 0 aliphatic carbocycles. The predicted molar refractivity (Wildman–Crippen MR) is 48.4 cm³/mol. The first kappa shape index (κ1) is 14.5. The zero-order valence-electron chi connectivity index (χ0n) is 6.82. The van der Waals surface area contributed by atoms with Gasteiger partial charge in [-0.15, -0.1) is 11.6 Å². The maximum atomic E-state index is 12.1. The second kappa shape index (κ2) is 5.03. The van der Waals surface area contributed by atoms with Gasteiger partial charge in [-0.2, -0.15) is 0 Å². The molecule has 86 valence electrons. The van der Waals surface area contributed by atoms with E-state index in [9.17, 15) is 13.5 Å². The van der Waals surface area contributed by atoms with Crippen molar-refractivity contribution in [3.8, 4) is 0 Å². The third-order valence-electron chi connectivity index (χ3n) is 1.42. The topological polar surface area (TPSA) is 115 Å². The predicted octanol–water partition coefficient (Wildman–Crippen LogP) is 0.287. The van der Waals surface area contributed by atoms with Gasteiger partial charge < -0.3 is 19.6 Å². The lowest BCUT2D eigenvalue weighted by molar-refractivity contribution is 0.334. The Hall–Kier alpha value is 0.520. The molecular formula is C4H10ClFO6P2. The number of halogens is 2. The Labute approximate surface area is 84.4 Å². The molecule has 2 unspecified atom stereocenters. The van der Waals surface area contributed by atoms with Crippen molar-refractivity contribution in [2.24, 2.45) is 0 Å². The third-order valence-corrected chi connectivity index (χ3v) is 4.50. The van der Waals surface area contributed by atoms with Crippen molar-refractivity contribution in [3.05, 3.63) is 0 Å². The van der Waals surface area contributed by atoms with E-state index in [4.69, 9.17) is 31.2 Å². The quantitative estimate of drug-likeness (QED) is 0.421. The molecule has 0 amide bonds. The number of alkyl halides is 2. The normalized spacial score (nSPS) is 17.9. The largest absolute Gasteiger partial charge is 0.332 e. The lowest BCUT2D eigenvalue weighted by Crippen LogP contribution is -2.26. The highest BCUT2D eigenvalue weighted by Gasteiger charge is 2.38. The molecule has 4 N–H and O–H groups in total. The van der Waals surface area contributed by atoms with Gasteiger partial charge >= 0.3 is 15.2 Å². The van der Waals surface area contributed by atoms with Crippen LogP contribution in [-0.4, -0.2) is 43.4 Å². The van der Waals surface area contributed by atoms with Crippen molar-refractivity contribution in [1.82, 2.24) is 0 Å². The highest BCUT2D eigenvalue weighted by Crippen LogP contribution is 2.48. The molecule has 0 heterocycles. The molecule has 0 spiro atoms. The molecule has 14 heavy (non-hydrogen) atoms. The Bertz CT molecular complexity index is 273. The minimum Gasteiger partial charge on any atom is -0.324 e. The molecule has 0 aliphatic heterocycles. The summed E-state index contributed by atoms with van der Waals surface area (Å²) in [5, 5.41) is -1.60. The Balaban J connectivity index is 4.57. The molecule has 0 saturated carbocycles. The average molecular weight is 271 g/mol. The maximum absolute atomic E-state index is 12.1. The lowest BCUT2D eigenvalue weighted by atomic mass is 10.3. The Morgan fingerprint density at radius 3 is 1.86 bits per heavy atom. The van der Waals surface area contributed by atoms with Gasteiger partial charge in [0, 0.05) is 0 Å². The first-order valence-electron chi connectivity index (χ1n) is 3.37. The monoisotopic (exact) mass is 270 g/mol. The summed E-state index contributed by atoms with van der Waals surface area (Å²) in [5.74, 6) is 0. The van der Waals surface area contributed by atoms with E-state index < -0.39 is 39.1 Å². The van der Waals surface area contributed by atoms with Gasteiger partial charge in [-0.1, -0.05) is 0 Å². The number of hydrogen-bond donors (Lipinski definition) is 4. The zero-order valence-corrected chi connectivity index (χ0v) is 9.37. The van der Waals surface area contributed by atoms with Crippen molar-refractivity contribution in [3.63, 3.8) is 0 Å². The van der Waals surface area contributed by atoms with Crippen LogP contribution in [0.4, 0.5) is 4.39 Å². The number of rotatable bonds is 5. The standard InChI is InChI=1S/C4H10ClFO6P2/c5-3(2-13(7,8)9)4(1-6)14(10,11)12/h3-4H,1-2H2,(H2,7,8,9)(H2,10,11,12). The van der Waals surface area contributed by atoms with E-state index in [2.05, 4.69) is 0 Å². The summed E-state index contributed by atoms with van der Waals surface area (Å²) in [6.45, 7) is -1.43. The summed E-state index contributed by atoms with van der Waals surface area (Å²) in [4.78, 5) is 34.1. The molecule has 2 atom stereocenters. The average Bonchev–Trinajstić information content (AvgIpc) is 1.79. The van der Waals surface area contributed by atoms with Gasteiger partial charge in [0.25, 0.3) is 0 Å². The van der Waals surface area contributed by atoms with E-state index in [1.165, 1.54) is 0 Å². The summed E-state index contributed by atoms with van der Waals surface area (Å²) in [6.07, 6.45) is -0.964. The van der Waals surface area contributed by atoms with E-state index in [1.807, 2.05) is 0 Å². The van der Waals surface area contributed by atoms with Crippen LogP contribution < -0.4 is 0 Å². The molecule has 0 radical (unpaired) electrons. The van der Waals surface area contributed by atoms with Crippen LogP contribution >= 0.6 is 26.8 Å². The smallest absolute Gasteiger partial charge is 0.324 e. The summed E-state index contributed by atoms with van der Waals surface area (Å²) in [5.41, 5.74) is -1.88. The molecular weight excluding hydrogens is 260 g/mol. The number of hydrogen-bond acceptors (Lipinski definition) is 2. The molecule has 0 aromatic heterocycles. The van der Waals surface area contributed by atoms with Crippen LogP contribution in [0.15, 0.2) is 0 Å². The fourth-order valence-electron chi connectivity index (χ4n) is 0.746.